The Morgan fingerprint density at radius 3 is 2.88 bits per heavy atom. The molecule has 3 aliphatic rings. The number of carbonyl (C=O) groups is 1. The summed E-state index contributed by atoms with van der Waals surface area (Å²) in [7, 11) is 0. The third-order valence-corrected chi connectivity index (χ3v) is 3.67. The normalized spacial score (nSPS) is 34.6. The first-order chi connectivity index (χ1) is 7.75. The molecule has 0 aromatic carbocycles. The molecule has 88 valence electrons. The first-order valence-corrected chi connectivity index (χ1v) is 5.98. The third kappa shape index (κ3) is 1.69. The average Bonchev–Trinajstić information content (AvgIpc) is 2.81. The minimum absolute atomic E-state index is 0.00407. The molecular weight excluding hydrogens is 206 g/mol. The van der Waals surface area contributed by atoms with Crippen molar-refractivity contribution in [1.82, 2.24) is 4.90 Å². The van der Waals surface area contributed by atoms with Gasteiger partial charge in [-0.25, -0.2) is 4.79 Å². The molecule has 2 fully saturated rings. The monoisotopic (exact) mass is 223 g/mol. The lowest BCUT2D eigenvalue weighted by atomic mass is 9.97. The van der Waals surface area contributed by atoms with E-state index in [1.165, 1.54) is 12.8 Å². The number of urea groups is 1. The Morgan fingerprint density at radius 2 is 2.25 bits per heavy atom. The van der Waals surface area contributed by atoms with Crippen LogP contribution in [0.5, 0.6) is 0 Å². The second-order valence-electron chi connectivity index (χ2n) is 4.98. The zero-order valence-corrected chi connectivity index (χ0v) is 9.26. The van der Waals surface area contributed by atoms with Gasteiger partial charge in [0.2, 0.25) is 0 Å². The molecule has 1 aliphatic carbocycles. The minimum Gasteiger partial charge on any atom is -0.385 e. The van der Waals surface area contributed by atoms with Crippen LogP contribution in [0.1, 0.15) is 19.3 Å². The summed E-state index contributed by atoms with van der Waals surface area (Å²) in [5, 5.41) is 0. The summed E-state index contributed by atoms with van der Waals surface area (Å²) in [6, 6.07) is -0.156. The molecule has 0 bridgehead atoms. The van der Waals surface area contributed by atoms with Crippen molar-refractivity contribution in [2.45, 2.75) is 25.3 Å². The van der Waals surface area contributed by atoms with Crippen molar-refractivity contribution in [2.75, 3.05) is 19.8 Å². The number of hydrogen-bond donors (Lipinski definition) is 1. The highest BCUT2D eigenvalue weighted by Crippen LogP contribution is 2.33. The van der Waals surface area contributed by atoms with Crippen molar-refractivity contribution in [1.29, 1.82) is 0 Å². The van der Waals surface area contributed by atoms with E-state index in [0.717, 1.165) is 19.6 Å². The molecule has 3 rings (SSSR count). The third-order valence-electron chi connectivity index (χ3n) is 3.67. The van der Waals surface area contributed by atoms with E-state index in [2.05, 4.69) is 4.99 Å². The number of ether oxygens (including phenoxy) is 1. The van der Waals surface area contributed by atoms with Crippen LogP contribution in [0.3, 0.4) is 0 Å². The van der Waals surface area contributed by atoms with Crippen molar-refractivity contribution in [3.63, 3.8) is 0 Å². The van der Waals surface area contributed by atoms with E-state index in [1.54, 1.807) is 0 Å². The van der Waals surface area contributed by atoms with Crippen molar-refractivity contribution in [3.8, 4) is 0 Å². The highest BCUT2D eigenvalue weighted by Gasteiger charge is 2.42. The molecule has 1 saturated carbocycles. The first-order valence-electron chi connectivity index (χ1n) is 5.98. The zero-order valence-electron chi connectivity index (χ0n) is 9.26. The number of hydrogen-bond acceptors (Lipinski definition) is 3. The highest BCUT2D eigenvalue weighted by atomic mass is 16.5. The fourth-order valence-corrected chi connectivity index (χ4v) is 2.59. The number of aliphatic imine (C=N–C) groups is 1. The minimum atomic E-state index is -0.152. The van der Waals surface area contributed by atoms with Gasteiger partial charge in [0, 0.05) is 19.1 Å². The second kappa shape index (κ2) is 3.73. The summed E-state index contributed by atoms with van der Waals surface area (Å²) in [4.78, 5) is 17.5. The molecule has 0 aromatic heterocycles. The Hall–Kier alpha value is -1.10. The molecule has 2 amide bonds. The van der Waals surface area contributed by atoms with Gasteiger partial charge < -0.3 is 15.4 Å². The van der Waals surface area contributed by atoms with Gasteiger partial charge in [-0.1, -0.05) is 0 Å². The summed E-state index contributed by atoms with van der Waals surface area (Å²) in [5.41, 5.74) is 5.87. The van der Waals surface area contributed by atoms with Crippen LogP contribution < -0.4 is 5.73 Å². The topological polar surface area (TPSA) is 67.9 Å². The fraction of sp³-hybridized carbons (Fsp3) is 0.818. The average molecular weight is 223 g/mol. The largest absolute Gasteiger partial charge is 0.385 e. The predicted octanol–water partition coefficient (Wildman–Crippen LogP) is 0.594. The SMILES string of the molecule is NC1=NC(=O)N(CC2CC2)C1C1CCOC1. The fourth-order valence-electron chi connectivity index (χ4n) is 2.59. The number of nitrogens with zero attached hydrogens (tertiary/aromatic N) is 2. The maximum atomic E-state index is 11.7. The highest BCUT2D eigenvalue weighted by molar-refractivity contribution is 6.03. The van der Waals surface area contributed by atoms with E-state index in [4.69, 9.17) is 10.5 Å². The van der Waals surface area contributed by atoms with Gasteiger partial charge in [0.1, 0.15) is 5.84 Å². The van der Waals surface area contributed by atoms with E-state index >= 15 is 0 Å². The van der Waals surface area contributed by atoms with Gasteiger partial charge in [0.25, 0.3) is 0 Å². The van der Waals surface area contributed by atoms with Gasteiger partial charge in [0.05, 0.1) is 12.6 Å². The maximum absolute atomic E-state index is 11.7. The zero-order chi connectivity index (χ0) is 11.1. The van der Waals surface area contributed by atoms with Gasteiger partial charge in [-0.3, -0.25) is 0 Å². The Kier molecular flexibility index (Phi) is 2.35. The van der Waals surface area contributed by atoms with Crippen molar-refractivity contribution >= 4 is 11.9 Å². The molecule has 0 spiro atoms. The Bertz CT molecular complexity index is 332. The van der Waals surface area contributed by atoms with Gasteiger partial charge in [-0.15, -0.1) is 0 Å². The number of nitrogens with two attached hydrogens (primary N) is 1. The van der Waals surface area contributed by atoms with Gasteiger partial charge in [0.15, 0.2) is 0 Å². The van der Waals surface area contributed by atoms with E-state index < -0.39 is 0 Å². The lowest BCUT2D eigenvalue weighted by Crippen LogP contribution is -2.46. The summed E-state index contributed by atoms with van der Waals surface area (Å²) in [5.74, 6) is 1.50. The van der Waals surface area contributed by atoms with Crippen LogP contribution in [0.2, 0.25) is 0 Å². The second-order valence-corrected chi connectivity index (χ2v) is 4.98. The molecule has 1 saturated heterocycles. The Morgan fingerprint density at radius 1 is 1.44 bits per heavy atom. The van der Waals surface area contributed by atoms with Crippen LogP contribution in [-0.2, 0) is 4.74 Å². The lowest BCUT2D eigenvalue weighted by Gasteiger charge is -2.28. The number of amidine groups is 1. The van der Waals surface area contributed by atoms with Crippen molar-refractivity contribution < 1.29 is 9.53 Å². The first kappa shape index (κ1) is 10.1. The standard InChI is InChI=1S/C11H17N3O2/c12-10-9(8-3-4-16-6-8)14(11(15)13-10)5-7-1-2-7/h7-9H,1-6H2,(H2,12,13,15). The van der Waals surface area contributed by atoms with Crippen LogP contribution >= 0.6 is 0 Å². The van der Waals surface area contributed by atoms with Crippen LogP contribution in [-0.4, -0.2) is 42.6 Å². The number of rotatable bonds is 3. The molecule has 0 radical (unpaired) electrons. The lowest BCUT2D eigenvalue weighted by molar-refractivity contribution is 0.158. The molecule has 2 atom stereocenters. The van der Waals surface area contributed by atoms with Crippen molar-refractivity contribution in [2.24, 2.45) is 22.6 Å². The van der Waals surface area contributed by atoms with E-state index in [9.17, 15) is 4.79 Å². The molecule has 2 N–H and O–H groups in total. The van der Waals surface area contributed by atoms with E-state index in [1.807, 2.05) is 4.90 Å². The predicted molar refractivity (Wildman–Crippen MR) is 59.2 cm³/mol. The van der Waals surface area contributed by atoms with Crippen LogP contribution in [0.15, 0.2) is 4.99 Å². The van der Waals surface area contributed by atoms with Gasteiger partial charge in [-0.2, -0.15) is 4.99 Å². The number of carbonyl (C=O) groups excluding carboxylic acids is 1. The molecule has 0 aromatic rings. The summed E-state index contributed by atoms with van der Waals surface area (Å²) in [6.07, 6.45) is 3.45. The van der Waals surface area contributed by atoms with Gasteiger partial charge >= 0.3 is 6.03 Å². The van der Waals surface area contributed by atoms with Crippen LogP contribution in [0.25, 0.3) is 0 Å². The Labute approximate surface area is 94.6 Å². The molecular formula is C11H17N3O2. The summed E-state index contributed by atoms with van der Waals surface area (Å²) < 4.78 is 5.37. The Balaban J connectivity index is 1.75. The van der Waals surface area contributed by atoms with Gasteiger partial charge in [-0.05, 0) is 25.2 Å². The summed E-state index contributed by atoms with van der Waals surface area (Å²) in [6.45, 7) is 2.30. The molecule has 16 heavy (non-hydrogen) atoms. The van der Waals surface area contributed by atoms with Crippen LogP contribution in [0.4, 0.5) is 4.79 Å². The summed E-state index contributed by atoms with van der Waals surface area (Å²) >= 11 is 0. The molecule has 5 heteroatoms. The van der Waals surface area contributed by atoms with E-state index in [0.29, 0.717) is 24.3 Å². The molecule has 2 heterocycles. The smallest absolute Gasteiger partial charge is 0.345 e. The van der Waals surface area contributed by atoms with E-state index in [-0.39, 0.29) is 12.1 Å². The maximum Gasteiger partial charge on any atom is 0.345 e. The molecule has 5 nitrogen and oxygen atoms in total. The van der Waals surface area contributed by atoms with Crippen LogP contribution in [0, 0.1) is 11.8 Å². The molecule has 2 aliphatic heterocycles. The molecule has 2 unspecified atom stereocenters. The number of amides is 2. The quantitative estimate of drug-likeness (QED) is 0.761. The van der Waals surface area contributed by atoms with Crippen molar-refractivity contribution in [3.05, 3.63) is 0 Å².